The van der Waals surface area contributed by atoms with Crippen molar-refractivity contribution < 1.29 is 0 Å². The Kier molecular flexibility index (Phi) is 7.03. The SMILES string of the molecule is Cc1cccc(-c2ccc(Nc3ccc(-c4ccc(S)c(-c5cccc(-c6ccccc6)c5)c4)cc3)cc2)c1. The van der Waals surface area contributed by atoms with Crippen LogP contribution >= 0.6 is 12.6 Å². The molecule has 0 aliphatic rings. The lowest BCUT2D eigenvalue weighted by Gasteiger charge is -2.12. The van der Waals surface area contributed by atoms with E-state index in [0.717, 1.165) is 27.4 Å². The number of thiol groups is 1. The van der Waals surface area contributed by atoms with Gasteiger partial charge in [0.2, 0.25) is 0 Å². The molecule has 1 nitrogen and oxygen atoms in total. The highest BCUT2D eigenvalue weighted by atomic mass is 32.1. The van der Waals surface area contributed by atoms with E-state index in [9.17, 15) is 0 Å². The van der Waals surface area contributed by atoms with E-state index in [4.69, 9.17) is 12.6 Å². The first-order valence-corrected chi connectivity index (χ1v) is 13.6. The fraction of sp³-hybridized carbons (Fsp3) is 0.0270. The van der Waals surface area contributed by atoms with Gasteiger partial charge in [0, 0.05) is 16.3 Å². The zero-order chi connectivity index (χ0) is 26.6. The topological polar surface area (TPSA) is 12.0 Å². The van der Waals surface area contributed by atoms with E-state index >= 15 is 0 Å². The van der Waals surface area contributed by atoms with Gasteiger partial charge in [0.1, 0.15) is 0 Å². The van der Waals surface area contributed by atoms with Crippen LogP contribution in [-0.4, -0.2) is 0 Å². The molecule has 0 saturated carbocycles. The van der Waals surface area contributed by atoms with Crippen molar-refractivity contribution in [2.24, 2.45) is 0 Å². The Labute approximate surface area is 236 Å². The molecule has 0 fully saturated rings. The minimum atomic E-state index is 0.969. The maximum Gasteiger partial charge on any atom is 0.0384 e. The molecule has 0 radical (unpaired) electrons. The van der Waals surface area contributed by atoms with Crippen molar-refractivity contribution in [2.45, 2.75) is 11.8 Å². The number of nitrogens with one attached hydrogen (secondary N) is 1. The summed E-state index contributed by atoms with van der Waals surface area (Å²) in [5.41, 5.74) is 12.9. The van der Waals surface area contributed by atoms with Gasteiger partial charge in [-0.05, 0) is 93.9 Å². The lowest BCUT2D eigenvalue weighted by molar-refractivity contribution is 1.45. The van der Waals surface area contributed by atoms with E-state index in [1.54, 1.807) is 0 Å². The average molecular weight is 520 g/mol. The van der Waals surface area contributed by atoms with Crippen LogP contribution in [0.5, 0.6) is 0 Å². The Morgan fingerprint density at radius 1 is 0.410 bits per heavy atom. The van der Waals surface area contributed by atoms with Crippen LogP contribution in [0.2, 0.25) is 0 Å². The van der Waals surface area contributed by atoms with Crippen molar-refractivity contribution in [2.75, 3.05) is 5.32 Å². The van der Waals surface area contributed by atoms with Crippen LogP contribution in [0.15, 0.2) is 150 Å². The highest BCUT2D eigenvalue weighted by Crippen LogP contribution is 2.34. The number of hydrogen-bond donors (Lipinski definition) is 2. The predicted molar refractivity (Wildman–Crippen MR) is 170 cm³/mol. The van der Waals surface area contributed by atoms with E-state index in [2.05, 4.69) is 152 Å². The van der Waals surface area contributed by atoms with Gasteiger partial charge in [0.15, 0.2) is 0 Å². The lowest BCUT2D eigenvalue weighted by Crippen LogP contribution is -1.90. The van der Waals surface area contributed by atoms with Gasteiger partial charge in [0.05, 0.1) is 0 Å². The van der Waals surface area contributed by atoms with E-state index in [0.29, 0.717) is 0 Å². The first kappa shape index (κ1) is 24.8. The van der Waals surface area contributed by atoms with Crippen molar-refractivity contribution >= 4 is 24.0 Å². The molecule has 0 saturated heterocycles. The van der Waals surface area contributed by atoms with Gasteiger partial charge in [-0.1, -0.05) is 109 Å². The molecule has 6 aromatic carbocycles. The molecule has 188 valence electrons. The molecule has 6 rings (SSSR count). The monoisotopic (exact) mass is 519 g/mol. The molecule has 6 aromatic rings. The summed E-state index contributed by atoms with van der Waals surface area (Å²) in [4.78, 5) is 0.969. The van der Waals surface area contributed by atoms with Gasteiger partial charge in [0.25, 0.3) is 0 Å². The van der Waals surface area contributed by atoms with E-state index in [1.165, 1.54) is 38.9 Å². The van der Waals surface area contributed by atoms with E-state index in [1.807, 2.05) is 6.07 Å². The minimum absolute atomic E-state index is 0.969. The number of hydrogen-bond acceptors (Lipinski definition) is 2. The zero-order valence-electron chi connectivity index (χ0n) is 21.8. The van der Waals surface area contributed by atoms with Gasteiger partial charge in [-0.3, -0.25) is 0 Å². The first-order chi connectivity index (χ1) is 19.1. The molecule has 0 spiro atoms. The smallest absolute Gasteiger partial charge is 0.0384 e. The van der Waals surface area contributed by atoms with E-state index in [-0.39, 0.29) is 0 Å². The Morgan fingerprint density at radius 2 is 0.897 bits per heavy atom. The molecule has 0 heterocycles. The third kappa shape index (κ3) is 5.67. The van der Waals surface area contributed by atoms with Crippen molar-refractivity contribution in [3.8, 4) is 44.5 Å². The summed E-state index contributed by atoms with van der Waals surface area (Å²) in [5.74, 6) is 0. The fourth-order valence-electron chi connectivity index (χ4n) is 4.93. The summed E-state index contributed by atoms with van der Waals surface area (Å²) in [7, 11) is 0. The van der Waals surface area contributed by atoms with Crippen LogP contribution in [0, 0.1) is 6.92 Å². The van der Waals surface area contributed by atoms with Crippen LogP contribution in [-0.2, 0) is 0 Å². The van der Waals surface area contributed by atoms with Crippen LogP contribution < -0.4 is 5.32 Å². The van der Waals surface area contributed by atoms with E-state index < -0.39 is 0 Å². The predicted octanol–water partition coefficient (Wildman–Crippen LogP) is 10.7. The largest absolute Gasteiger partial charge is 0.356 e. The molecular formula is C37H29NS. The molecule has 0 atom stereocenters. The second kappa shape index (κ2) is 11.1. The molecular weight excluding hydrogens is 490 g/mol. The van der Waals surface area contributed by atoms with Gasteiger partial charge in [-0.2, -0.15) is 0 Å². The molecule has 2 heteroatoms. The molecule has 39 heavy (non-hydrogen) atoms. The third-order valence-corrected chi connectivity index (χ3v) is 7.41. The molecule has 0 unspecified atom stereocenters. The fourth-order valence-corrected chi connectivity index (χ4v) is 5.20. The second-order valence-corrected chi connectivity index (χ2v) is 10.3. The first-order valence-electron chi connectivity index (χ1n) is 13.2. The number of anilines is 2. The molecule has 1 N–H and O–H groups in total. The number of rotatable bonds is 6. The summed E-state index contributed by atoms with van der Waals surface area (Å²) < 4.78 is 0. The lowest BCUT2D eigenvalue weighted by atomic mass is 9.96. The molecule has 0 aliphatic carbocycles. The van der Waals surface area contributed by atoms with Crippen molar-refractivity contribution in [3.63, 3.8) is 0 Å². The van der Waals surface area contributed by atoms with Crippen LogP contribution in [0.3, 0.4) is 0 Å². The number of benzene rings is 6. The second-order valence-electron chi connectivity index (χ2n) is 9.83. The molecule has 0 amide bonds. The van der Waals surface area contributed by atoms with Gasteiger partial charge in [-0.25, -0.2) is 0 Å². The maximum absolute atomic E-state index is 4.79. The standard InChI is InChI=1S/C37H29NS/c1-26-7-5-10-30(23-26)28-13-18-34(19-14-28)38-35-20-15-29(16-21-35)32-17-22-37(39)36(25-32)33-12-6-11-31(24-33)27-8-3-2-4-9-27/h2-25,38-39H,1H3. The van der Waals surface area contributed by atoms with Crippen molar-refractivity contribution in [1.82, 2.24) is 0 Å². The number of aryl methyl sites for hydroxylation is 1. The quantitative estimate of drug-likeness (QED) is 0.209. The third-order valence-electron chi connectivity index (χ3n) is 7.02. The molecule has 0 aromatic heterocycles. The summed E-state index contributed by atoms with van der Waals surface area (Å²) >= 11 is 4.79. The molecule has 0 aliphatic heterocycles. The average Bonchev–Trinajstić information content (AvgIpc) is 2.99. The summed E-state index contributed by atoms with van der Waals surface area (Å²) in [6.07, 6.45) is 0. The Morgan fingerprint density at radius 3 is 1.54 bits per heavy atom. The van der Waals surface area contributed by atoms with Crippen molar-refractivity contribution in [3.05, 3.63) is 151 Å². The van der Waals surface area contributed by atoms with Crippen LogP contribution in [0.25, 0.3) is 44.5 Å². The summed E-state index contributed by atoms with van der Waals surface area (Å²) in [6.45, 7) is 2.13. The normalized spacial score (nSPS) is 10.8. The van der Waals surface area contributed by atoms with Gasteiger partial charge in [-0.15, -0.1) is 12.6 Å². The minimum Gasteiger partial charge on any atom is -0.356 e. The Hall–Kier alpha value is -4.53. The van der Waals surface area contributed by atoms with Gasteiger partial charge >= 0.3 is 0 Å². The van der Waals surface area contributed by atoms with Crippen molar-refractivity contribution in [1.29, 1.82) is 0 Å². The van der Waals surface area contributed by atoms with Crippen LogP contribution in [0.1, 0.15) is 5.56 Å². The summed E-state index contributed by atoms with van der Waals surface area (Å²) in [6, 6.07) is 51.4. The molecule has 0 bridgehead atoms. The highest BCUT2D eigenvalue weighted by molar-refractivity contribution is 7.80. The zero-order valence-corrected chi connectivity index (χ0v) is 22.7. The highest BCUT2D eigenvalue weighted by Gasteiger charge is 2.08. The maximum atomic E-state index is 4.79. The summed E-state index contributed by atoms with van der Waals surface area (Å²) in [5, 5.41) is 3.53. The van der Waals surface area contributed by atoms with Gasteiger partial charge < -0.3 is 5.32 Å². The Bertz CT molecular complexity index is 1720. The van der Waals surface area contributed by atoms with Crippen LogP contribution in [0.4, 0.5) is 11.4 Å². The Balaban J connectivity index is 1.21.